The van der Waals surface area contributed by atoms with Gasteiger partial charge in [-0.2, -0.15) is 0 Å². The average Bonchev–Trinajstić information content (AvgIpc) is 2.25. The van der Waals surface area contributed by atoms with Crippen molar-refractivity contribution < 1.29 is 14.6 Å². The number of aliphatic hydroxyl groups excluding tert-OH is 1. The monoisotopic (exact) mass is 271 g/mol. The van der Waals surface area contributed by atoms with Gasteiger partial charge in [0.2, 0.25) is 0 Å². The second-order valence-corrected chi connectivity index (χ2v) is 6.86. The van der Waals surface area contributed by atoms with Gasteiger partial charge < -0.3 is 15.2 Å². The number of carbonyl (C=O) groups excluding carboxylic acids is 1. The summed E-state index contributed by atoms with van der Waals surface area (Å²) >= 11 is 0. The van der Waals surface area contributed by atoms with Crippen LogP contribution in [0.5, 0.6) is 0 Å². The Kier molecular flexibility index (Phi) is 5.65. The molecule has 1 saturated carbocycles. The molecular weight excluding hydrogens is 242 g/mol. The summed E-state index contributed by atoms with van der Waals surface area (Å²) in [5, 5.41) is 12.5. The Morgan fingerprint density at radius 2 is 1.89 bits per heavy atom. The molecule has 4 nitrogen and oxygen atoms in total. The molecule has 1 aliphatic carbocycles. The number of hydrogen-bond donors (Lipinski definition) is 2. The van der Waals surface area contributed by atoms with Crippen molar-refractivity contribution in [3.63, 3.8) is 0 Å². The maximum Gasteiger partial charge on any atom is 0.408 e. The summed E-state index contributed by atoms with van der Waals surface area (Å²) in [5.74, 6) is 0. The SMILES string of the molecule is C[C@@H](O)CCC1(NC(=O)OC(C)(C)C)CCCCC1. The maximum absolute atomic E-state index is 12.0. The summed E-state index contributed by atoms with van der Waals surface area (Å²) in [5.41, 5.74) is -0.651. The van der Waals surface area contributed by atoms with Gasteiger partial charge in [0.15, 0.2) is 0 Å². The van der Waals surface area contributed by atoms with Gasteiger partial charge in [0, 0.05) is 5.54 Å². The highest BCUT2D eigenvalue weighted by Crippen LogP contribution is 2.32. The van der Waals surface area contributed by atoms with Crippen molar-refractivity contribution in [3.8, 4) is 0 Å². The molecule has 0 aromatic heterocycles. The van der Waals surface area contributed by atoms with Crippen LogP contribution in [-0.4, -0.2) is 28.4 Å². The van der Waals surface area contributed by atoms with Crippen LogP contribution in [0.25, 0.3) is 0 Å². The van der Waals surface area contributed by atoms with Crippen molar-refractivity contribution in [2.75, 3.05) is 0 Å². The van der Waals surface area contributed by atoms with E-state index in [1.54, 1.807) is 6.92 Å². The highest BCUT2D eigenvalue weighted by atomic mass is 16.6. The lowest BCUT2D eigenvalue weighted by molar-refractivity contribution is 0.0397. The largest absolute Gasteiger partial charge is 0.444 e. The number of rotatable bonds is 4. The van der Waals surface area contributed by atoms with Crippen molar-refractivity contribution in [3.05, 3.63) is 0 Å². The number of ether oxygens (including phenoxy) is 1. The second kappa shape index (κ2) is 6.60. The Labute approximate surface area is 116 Å². The summed E-state index contributed by atoms with van der Waals surface area (Å²) < 4.78 is 5.36. The number of carbonyl (C=O) groups is 1. The van der Waals surface area contributed by atoms with Crippen LogP contribution >= 0.6 is 0 Å². The van der Waals surface area contributed by atoms with Gasteiger partial charge >= 0.3 is 6.09 Å². The highest BCUT2D eigenvalue weighted by Gasteiger charge is 2.34. The molecule has 1 atom stereocenters. The average molecular weight is 271 g/mol. The molecule has 1 aliphatic rings. The lowest BCUT2D eigenvalue weighted by atomic mass is 9.78. The molecular formula is C15H29NO3. The molecule has 0 heterocycles. The molecule has 0 radical (unpaired) electrons. The molecule has 0 aromatic rings. The van der Waals surface area contributed by atoms with Crippen molar-refractivity contribution in [2.45, 2.75) is 89.9 Å². The zero-order chi connectivity index (χ0) is 14.5. The van der Waals surface area contributed by atoms with E-state index < -0.39 is 5.60 Å². The van der Waals surface area contributed by atoms with E-state index in [1.165, 1.54) is 6.42 Å². The van der Waals surface area contributed by atoms with E-state index >= 15 is 0 Å². The molecule has 1 rings (SSSR count). The lowest BCUT2D eigenvalue weighted by Crippen LogP contribution is -2.51. The first kappa shape index (κ1) is 16.3. The number of hydrogen-bond acceptors (Lipinski definition) is 3. The van der Waals surface area contributed by atoms with E-state index in [1.807, 2.05) is 20.8 Å². The first-order chi connectivity index (χ1) is 8.72. The van der Waals surface area contributed by atoms with Gasteiger partial charge in [-0.05, 0) is 53.4 Å². The van der Waals surface area contributed by atoms with Gasteiger partial charge in [-0.3, -0.25) is 0 Å². The van der Waals surface area contributed by atoms with E-state index in [0.29, 0.717) is 0 Å². The van der Waals surface area contributed by atoms with Crippen molar-refractivity contribution in [1.29, 1.82) is 0 Å². The lowest BCUT2D eigenvalue weighted by Gasteiger charge is -2.39. The van der Waals surface area contributed by atoms with E-state index in [2.05, 4.69) is 5.32 Å². The first-order valence-electron chi connectivity index (χ1n) is 7.42. The van der Waals surface area contributed by atoms with Gasteiger partial charge in [0.05, 0.1) is 6.10 Å². The topological polar surface area (TPSA) is 58.6 Å². The van der Waals surface area contributed by atoms with Gasteiger partial charge in [0.1, 0.15) is 5.60 Å². The van der Waals surface area contributed by atoms with Gasteiger partial charge in [-0.15, -0.1) is 0 Å². The molecule has 2 N–H and O–H groups in total. The number of aliphatic hydroxyl groups is 1. The third-order valence-corrected chi connectivity index (χ3v) is 3.62. The van der Waals surface area contributed by atoms with E-state index in [9.17, 15) is 9.90 Å². The zero-order valence-corrected chi connectivity index (χ0v) is 12.8. The molecule has 112 valence electrons. The smallest absolute Gasteiger partial charge is 0.408 e. The second-order valence-electron chi connectivity index (χ2n) is 6.86. The minimum Gasteiger partial charge on any atom is -0.444 e. The van der Waals surface area contributed by atoms with Crippen molar-refractivity contribution in [2.24, 2.45) is 0 Å². The fourth-order valence-electron chi connectivity index (χ4n) is 2.67. The Balaban J connectivity index is 2.60. The molecule has 0 spiro atoms. The summed E-state index contributed by atoms with van der Waals surface area (Å²) in [6.07, 6.45) is 6.36. The molecule has 0 aliphatic heterocycles. The molecule has 0 saturated heterocycles. The number of nitrogens with one attached hydrogen (secondary N) is 1. The number of amides is 1. The fraction of sp³-hybridized carbons (Fsp3) is 0.933. The van der Waals surface area contributed by atoms with E-state index in [0.717, 1.165) is 38.5 Å². The molecule has 0 aromatic carbocycles. The maximum atomic E-state index is 12.0. The standard InChI is InChI=1S/C15H29NO3/c1-12(17)8-11-15(9-6-5-7-10-15)16-13(18)19-14(2,3)4/h12,17H,5-11H2,1-4H3,(H,16,18)/t12-/m1/s1. The van der Waals surface area contributed by atoms with Crippen LogP contribution in [0.2, 0.25) is 0 Å². The van der Waals surface area contributed by atoms with E-state index in [4.69, 9.17) is 4.74 Å². The van der Waals surface area contributed by atoms with E-state index in [-0.39, 0.29) is 17.7 Å². The van der Waals surface area contributed by atoms with Gasteiger partial charge in [0.25, 0.3) is 0 Å². The van der Waals surface area contributed by atoms with Crippen LogP contribution in [0.3, 0.4) is 0 Å². The molecule has 0 unspecified atom stereocenters. The number of alkyl carbamates (subject to hydrolysis) is 1. The summed E-state index contributed by atoms with van der Waals surface area (Å²) in [6.45, 7) is 7.41. The predicted molar refractivity (Wildman–Crippen MR) is 76.1 cm³/mol. The van der Waals surface area contributed by atoms with Crippen LogP contribution in [-0.2, 0) is 4.74 Å². The third-order valence-electron chi connectivity index (χ3n) is 3.62. The fourth-order valence-corrected chi connectivity index (χ4v) is 2.67. The van der Waals surface area contributed by atoms with Gasteiger partial charge in [-0.25, -0.2) is 4.79 Å². The summed E-state index contributed by atoms with van der Waals surface area (Å²) in [7, 11) is 0. The molecule has 0 bridgehead atoms. The molecule has 1 fully saturated rings. The minimum absolute atomic E-state index is 0.183. The van der Waals surface area contributed by atoms with Crippen molar-refractivity contribution in [1.82, 2.24) is 5.32 Å². The highest BCUT2D eigenvalue weighted by molar-refractivity contribution is 5.68. The Morgan fingerprint density at radius 3 is 2.37 bits per heavy atom. The molecule has 4 heteroatoms. The summed E-state index contributed by atoms with van der Waals surface area (Å²) in [4.78, 5) is 12.0. The first-order valence-corrected chi connectivity index (χ1v) is 7.42. The van der Waals surface area contributed by atoms with Crippen molar-refractivity contribution >= 4 is 6.09 Å². The predicted octanol–water partition coefficient (Wildman–Crippen LogP) is 3.38. The summed E-state index contributed by atoms with van der Waals surface area (Å²) in [6, 6.07) is 0. The normalized spacial score (nSPS) is 20.7. The van der Waals surface area contributed by atoms with Crippen LogP contribution in [0.1, 0.15) is 72.6 Å². The van der Waals surface area contributed by atoms with Crippen LogP contribution in [0, 0.1) is 0 Å². The Morgan fingerprint density at radius 1 is 1.32 bits per heavy atom. The third kappa shape index (κ3) is 6.28. The molecule has 19 heavy (non-hydrogen) atoms. The zero-order valence-electron chi connectivity index (χ0n) is 12.8. The van der Waals surface area contributed by atoms with Crippen LogP contribution in [0.4, 0.5) is 4.79 Å². The van der Waals surface area contributed by atoms with Crippen LogP contribution < -0.4 is 5.32 Å². The quantitative estimate of drug-likeness (QED) is 0.824. The van der Waals surface area contributed by atoms with Gasteiger partial charge in [-0.1, -0.05) is 19.3 Å². The Bertz CT molecular complexity index is 288. The van der Waals surface area contributed by atoms with Crippen LogP contribution in [0.15, 0.2) is 0 Å². The molecule has 1 amide bonds. The minimum atomic E-state index is -0.468. The Hall–Kier alpha value is -0.770.